The molecule has 0 aliphatic carbocycles. The summed E-state index contributed by atoms with van der Waals surface area (Å²) in [6.45, 7) is 0. The fraction of sp³-hybridized carbons (Fsp3) is 0.0833. The van der Waals surface area contributed by atoms with E-state index in [4.69, 9.17) is 21.4 Å². The van der Waals surface area contributed by atoms with E-state index in [0.29, 0.717) is 27.9 Å². The SMILES string of the molecule is COC(=O)c1cnn2cc(O)ccc12.COC(=O)c1cnn2cc(Oc3ccc([N+](=O)[O-])cc3Cl)ccc12. The second kappa shape index (κ2) is 10.8. The molecule has 38 heavy (non-hydrogen) atoms. The zero-order chi connectivity index (χ0) is 27.4. The van der Waals surface area contributed by atoms with Crippen LogP contribution in [0.25, 0.3) is 11.0 Å². The lowest BCUT2D eigenvalue weighted by Gasteiger charge is -2.08. The highest BCUT2D eigenvalue weighted by Gasteiger charge is 2.15. The number of aromatic nitrogens is 4. The first-order chi connectivity index (χ1) is 18.2. The topological polar surface area (TPSA) is 160 Å². The number of carbonyl (C=O) groups excluding carboxylic acids is 2. The molecule has 1 aromatic carbocycles. The minimum atomic E-state index is -0.542. The van der Waals surface area contributed by atoms with Gasteiger partial charge in [-0.1, -0.05) is 11.6 Å². The number of esters is 2. The van der Waals surface area contributed by atoms with Gasteiger partial charge in [0.05, 0.1) is 60.0 Å². The zero-order valence-electron chi connectivity index (χ0n) is 19.8. The summed E-state index contributed by atoms with van der Waals surface area (Å²) in [4.78, 5) is 33.0. The Morgan fingerprint density at radius 3 is 2.05 bits per heavy atom. The van der Waals surface area contributed by atoms with Gasteiger partial charge >= 0.3 is 11.9 Å². The van der Waals surface area contributed by atoms with Crippen LogP contribution >= 0.6 is 11.6 Å². The van der Waals surface area contributed by atoms with Crippen molar-refractivity contribution in [2.24, 2.45) is 0 Å². The van der Waals surface area contributed by atoms with E-state index < -0.39 is 16.9 Å². The van der Waals surface area contributed by atoms with Crippen molar-refractivity contribution in [3.8, 4) is 17.2 Å². The summed E-state index contributed by atoms with van der Waals surface area (Å²) in [5.74, 6) is -0.167. The molecule has 194 valence electrons. The Morgan fingerprint density at radius 1 is 0.921 bits per heavy atom. The van der Waals surface area contributed by atoms with E-state index in [1.807, 2.05) is 0 Å². The average Bonchev–Trinajstić information content (AvgIpc) is 3.53. The number of nitro benzene ring substituents is 1. The van der Waals surface area contributed by atoms with Crippen LogP contribution in [0.3, 0.4) is 0 Å². The molecule has 0 atom stereocenters. The number of hydrogen-bond acceptors (Lipinski definition) is 10. The summed E-state index contributed by atoms with van der Waals surface area (Å²) in [6.07, 6.45) is 5.77. The summed E-state index contributed by atoms with van der Waals surface area (Å²) in [5, 5.41) is 27.9. The van der Waals surface area contributed by atoms with Crippen LogP contribution in [0, 0.1) is 10.1 Å². The molecule has 0 aliphatic rings. The summed E-state index contributed by atoms with van der Waals surface area (Å²) in [7, 11) is 2.60. The van der Waals surface area contributed by atoms with Crippen molar-refractivity contribution in [1.82, 2.24) is 19.2 Å². The Morgan fingerprint density at radius 2 is 1.50 bits per heavy atom. The van der Waals surface area contributed by atoms with Gasteiger partial charge in [-0.05, 0) is 30.3 Å². The van der Waals surface area contributed by atoms with Gasteiger partial charge in [-0.25, -0.2) is 18.6 Å². The first-order valence-electron chi connectivity index (χ1n) is 10.6. The highest BCUT2D eigenvalue weighted by Crippen LogP contribution is 2.32. The maximum atomic E-state index is 11.6. The van der Waals surface area contributed by atoms with Gasteiger partial charge in [0.15, 0.2) is 0 Å². The second-order valence-corrected chi connectivity index (χ2v) is 7.89. The minimum Gasteiger partial charge on any atom is -0.506 e. The molecular formula is C24H18ClN5O8. The largest absolute Gasteiger partial charge is 0.506 e. The molecule has 13 nitrogen and oxygen atoms in total. The molecule has 5 rings (SSSR count). The van der Waals surface area contributed by atoms with Crippen molar-refractivity contribution < 1.29 is 33.8 Å². The van der Waals surface area contributed by atoms with Crippen molar-refractivity contribution in [2.45, 2.75) is 0 Å². The number of rotatable bonds is 5. The monoisotopic (exact) mass is 539 g/mol. The first kappa shape index (κ1) is 25.9. The molecule has 0 amide bonds. The molecule has 0 aliphatic heterocycles. The van der Waals surface area contributed by atoms with Gasteiger partial charge in [0, 0.05) is 12.1 Å². The predicted molar refractivity (Wildman–Crippen MR) is 133 cm³/mol. The molecule has 0 bridgehead atoms. The number of hydrogen-bond donors (Lipinski definition) is 1. The highest BCUT2D eigenvalue weighted by atomic mass is 35.5. The lowest BCUT2D eigenvalue weighted by Crippen LogP contribution is -2.00. The molecular weight excluding hydrogens is 522 g/mol. The molecule has 0 saturated heterocycles. The lowest BCUT2D eigenvalue weighted by atomic mass is 10.2. The van der Waals surface area contributed by atoms with E-state index >= 15 is 0 Å². The van der Waals surface area contributed by atoms with Crippen molar-refractivity contribution in [1.29, 1.82) is 0 Å². The maximum absolute atomic E-state index is 11.6. The van der Waals surface area contributed by atoms with Crippen LogP contribution in [-0.2, 0) is 9.47 Å². The van der Waals surface area contributed by atoms with E-state index in [1.165, 1.54) is 66.1 Å². The van der Waals surface area contributed by atoms with Crippen LogP contribution in [0.1, 0.15) is 20.7 Å². The van der Waals surface area contributed by atoms with Gasteiger partial charge in [0.2, 0.25) is 0 Å². The molecule has 0 radical (unpaired) electrons. The fourth-order valence-electron chi connectivity index (χ4n) is 3.35. The summed E-state index contributed by atoms with van der Waals surface area (Å²) in [5.41, 5.74) is 1.75. The van der Waals surface area contributed by atoms with Gasteiger partial charge in [0.1, 0.15) is 28.4 Å². The minimum absolute atomic E-state index is 0.0945. The maximum Gasteiger partial charge on any atom is 0.341 e. The fourth-order valence-corrected chi connectivity index (χ4v) is 3.56. The van der Waals surface area contributed by atoms with Crippen molar-refractivity contribution in [2.75, 3.05) is 14.2 Å². The van der Waals surface area contributed by atoms with Crippen LogP contribution in [0.15, 0.2) is 67.3 Å². The smallest absolute Gasteiger partial charge is 0.341 e. The zero-order valence-corrected chi connectivity index (χ0v) is 20.5. The van der Waals surface area contributed by atoms with Crippen molar-refractivity contribution in [3.63, 3.8) is 0 Å². The van der Waals surface area contributed by atoms with E-state index in [1.54, 1.807) is 24.4 Å². The van der Waals surface area contributed by atoms with E-state index in [0.717, 1.165) is 0 Å². The Bertz CT molecular complexity index is 1680. The average molecular weight is 540 g/mol. The molecule has 1 N–H and O–H groups in total. The van der Waals surface area contributed by atoms with Gasteiger partial charge < -0.3 is 19.3 Å². The first-order valence-corrected chi connectivity index (χ1v) is 11.0. The van der Waals surface area contributed by atoms with Crippen LogP contribution in [-0.4, -0.2) is 55.4 Å². The molecule has 0 spiro atoms. The van der Waals surface area contributed by atoms with E-state index in [-0.39, 0.29) is 22.2 Å². The predicted octanol–water partition coefficient (Wildman–Crippen LogP) is 4.30. The Kier molecular flexibility index (Phi) is 7.39. The third-order valence-corrected chi connectivity index (χ3v) is 5.45. The number of fused-ring (bicyclic) bond motifs is 2. The molecule has 14 heteroatoms. The molecule has 4 aromatic heterocycles. The van der Waals surface area contributed by atoms with Crippen LogP contribution in [0.2, 0.25) is 5.02 Å². The quantitative estimate of drug-likeness (QED) is 0.194. The standard InChI is InChI=1S/C15H10ClN3O5.C9H8N2O3/c1-23-15(20)11-7-17-18-8-10(3-4-13(11)18)24-14-5-2-9(19(21)22)6-12(14)16;1-14-9(13)7-4-10-11-5-6(12)2-3-8(7)11/h2-8H,1H3;2-5,12H,1H3. The van der Waals surface area contributed by atoms with Crippen LogP contribution < -0.4 is 4.74 Å². The van der Waals surface area contributed by atoms with E-state index in [2.05, 4.69) is 19.7 Å². The molecule has 0 saturated carbocycles. The number of carbonyl (C=O) groups is 2. The Labute approximate surface area is 218 Å². The second-order valence-electron chi connectivity index (χ2n) is 7.49. The molecule has 4 heterocycles. The number of pyridine rings is 2. The van der Waals surface area contributed by atoms with Crippen molar-refractivity contribution >= 4 is 40.3 Å². The molecule has 5 aromatic rings. The third-order valence-electron chi connectivity index (χ3n) is 5.15. The van der Waals surface area contributed by atoms with Gasteiger partial charge in [0.25, 0.3) is 5.69 Å². The van der Waals surface area contributed by atoms with Crippen LogP contribution in [0.5, 0.6) is 17.2 Å². The van der Waals surface area contributed by atoms with Gasteiger partial charge in [-0.15, -0.1) is 0 Å². The summed E-state index contributed by atoms with van der Waals surface area (Å²) in [6, 6.07) is 10.3. The van der Waals surface area contributed by atoms with Gasteiger partial charge in [-0.2, -0.15) is 10.2 Å². The number of non-ortho nitro benzene ring substituents is 1. The number of nitro groups is 1. The number of benzene rings is 1. The van der Waals surface area contributed by atoms with E-state index in [9.17, 15) is 19.7 Å². The normalized spacial score (nSPS) is 10.5. The van der Waals surface area contributed by atoms with Crippen molar-refractivity contribution in [3.05, 3.63) is 93.5 Å². The summed E-state index contributed by atoms with van der Waals surface area (Å²) >= 11 is 5.99. The number of methoxy groups -OCH3 is 2. The number of ether oxygens (including phenoxy) is 3. The van der Waals surface area contributed by atoms with Crippen LogP contribution in [0.4, 0.5) is 5.69 Å². The number of halogens is 1. The number of aromatic hydroxyl groups is 1. The lowest BCUT2D eigenvalue weighted by molar-refractivity contribution is -0.384. The third kappa shape index (κ3) is 5.32. The Hall–Kier alpha value is -5.17. The summed E-state index contributed by atoms with van der Waals surface area (Å²) < 4.78 is 17.8. The molecule has 0 fully saturated rings. The number of nitrogens with zero attached hydrogens (tertiary/aromatic N) is 5. The Balaban J connectivity index is 0.000000204. The molecule has 0 unspecified atom stereocenters. The highest BCUT2D eigenvalue weighted by molar-refractivity contribution is 6.32. The van der Waals surface area contributed by atoms with Gasteiger partial charge in [-0.3, -0.25) is 10.1 Å².